The second-order valence-electron chi connectivity index (χ2n) is 4.10. The molecule has 0 spiro atoms. The highest BCUT2D eigenvalue weighted by Crippen LogP contribution is 2.29. The molecule has 17 heavy (non-hydrogen) atoms. The molecule has 1 rings (SSSR count). The topological polar surface area (TPSA) is 83.6 Å². The van der Waals surface area contributed by atoms with E-state index in [4.69, 9.17) is 5.73 Å². The van der Waals surface area contributed by atoms with Crippen LogP contribution in [0, 0.1) is 0 Å². The van der Waals surface area contributed by atoms with Crippen LogP contribution in [0.2, 0.25) is 0 Å². The highest BCUT2D eigenvalue weighted by Gasteiger charge is 2.23. The van der Waals surface area contributed by atoms with Crippen LogP contribution in [0.3, 0.4) is 0 Å². The number of aryl methyl sites for hydroxylation is 1. The van der Waals surface area contributed by atoms with E-state index >= 15 is 0 Å². The molecule has 5 heteroatoms. The number of rotatable bonds is 7. The van der Waals surface area contributed by atoms with Gasteiger partial charge in [0.15, 0.2) is 0 Å². The van der Waals surface area contributed by atoms with Crippen molar-refractivity contribution in [1.29, 1.82) is 0 Å². The molecule has 4 N–H and O–H groups in total. The SMILES string of the molecule is CCCCc1ccsc1C(O)C(O)CC(N)=O. The van der Waals surface area contributed by atoms with Gasteiger partial charge >= 0.3 is 0 Å². The van der Waals surface area contributed by atoms with E-state index in [9.17, 15) is 15.0 Å². The largest absolute Gasteiger partial charge is 0.389 e. The molecule has 2 atom stereocenters. The third-order valence-corrected chi connectivity index (χ3v) is 3.65. The third-order valence-electron chi connectivity index (χ3n) is 2.62. The maximum absolute atomic E-state index is 10.7. The molecule has 0 fully saturated rings. The first-order valence-corrected chi connectivity index (χ1v) is 6.65. The van der Waals surface area contributed by atoms with Crippen LogP contribution in [0.5, 0.6) is 0 Å². The number of carbonyl (C=O) groups is 1. The van der Waals surface area contributed by atoms with E-state index in [0.29, 0.717) is 0 Å². The van der Waals surface area contributed by atoms with E-state index < -0.39 is 18.1 Å². The van der Waals surface area contributed by atoms with Gasteiger partial charge in [-0.1, -0.05) is 13.3 Å². The first-order valence-electron chi connectivity index (χ1n) is 5.77. The molecule has 96 valence electrons. The molecule has 4 nitrogen and oxygen atoms in total. The lowest BCUT2D eigenvalue weighted by Crippen LogP contribution is -2.25. The van der Waals surface area contributed by atoms with E-state index in [1.165, 1.54) is 11.3 Å². The first kappa shape index (κ1) is 14.2. The molecule has 0 aliphatic heterocycles. The molecule has 0 saturated heterocycles. The Kier molecular flexibility index (Phi) is 5.61. The predicted octanol–water partition coefficient (Wildman–Crippen LogP) is 1.36. The Hall–Kier alpha value is -0.910. The van der Waals surface area contributed by atoms with Gasteiger partial charge in [-0.2, -0.15) is 0 Å². The molecule has 0 aliphatic carbocycles. The third kappa shape index (κ3) is 4.11. The molecule has 1 aromatic rings. The maximum atomic E-state index is 10.7. The molecule has 1 amide bonds. The second-order valence-corrected chi connectivity index (χ2v) is 5.04. The maximum Gasteiger partial charge on any atom is 0.220 e. The first-order chi connectivity index (χ1) is 8.06. The summed E-state index contributed by atoms with van der Waals surface area (Å²) in [5.74, 6) is -0.608. The summed E-state index contributed by atoms with van der Waals surface area (Å²) < 4.78 is 0. The fourth-order valence-electron chi connectivity index (χ4n) is 1.67. The summed E-state index contributed by atoms with van der Waals surface area (Å²) in [6.45, 7) is 2.10. The number of primary amides is 1. The van der Waals surface area contributed by atoms with Gasteiger partial charge < -0.3 is 15.9 Å². The van der Waals surface area contributed by atoms with Gasteiger partial charge in [0.2, 0.25) is 5.91 Å². The molecule has 0 aliphatic rings. The predicted molar refractivity (Wildman–Crippen MR) is 67.7 cm³/mol. The zero-order chi connectivity index (χ0) is 12.8. The van der Waals surface area contributed by atoms with E-state index in [-0.39, 0.29) is 6.42 Å². The molecule has 1 aromatic heterocycles. The molecule has 0 bridgehead atoms. The Morgan fingerprint density at radius 2 is 2.24 bits per heavy atom. The van der Waals surface area contributed by atoms with Crippen LogP contribution in [0.4, 0.5) is 0 Å². The fourth-order valence-corrected chi connectivity index (χ4v) is 2.67. The molecular weight excluding hydrogens is 238 g/mol. The molecule has 0 aromatic carbocycles. The van der Waals surface area contributed by atoms with Crippen LogP contribution in [-0.2, 0) is 11.2 Å². The summed E-state index contributed by atoms with van der Waals surface area (Å²) in [6.07, 6.45) is 0.653. The molecule has 0 saturated carbocycles. The smallest absolute Gasteiger partial charge is 0.220 e. The average molecular weight is 257 g/mol. The number of nitrogens with two attached hydrogens (primary N) is 1. The van der Waals surface area contributed by atoms with Gasteiger partial charge in [-0.15, -0.1) is 11.3 Å². The minimum Gasteiger partial charge on any atom is -0.389 e. The number of thiophene rings is 1. The summed E-state index contributed by atoms with van der Waals surface area (Å²) in [5.41, 5.74) is 6.05. The van der Waals surface area contributed by atoms with Crippen LogP contribution in [-0.4, -0.2) is 22.2 Å². The van der Waals surface area contributed by atoms with E-state index in [1.807, 2.05) is 11.4 Å². The van der Waals surface area contributed by atoms with Gasteiger partial charge in [0.25, 0.3) is 0 Å². The van der Waals surface area contributed by atoms with Crippen LogP contribution in [0.1, 0.15) is 42.7 Å². The zero-order valence-electron chi connectivity index (χ0n) is 9.93. The van der Waals surface area contributed by atoms with Crippen molar-refractivity contribution in [3.63, 3.8) is 0 Å². The van der Waals surface area contributed by atoms with Crippen molar-refractivity contribution in [2.75, 3.05) is 0 Å². The Labute approximate surface area is 105 Å². The number of aliphatic hydroxyl groups excluding tert-OH is 2. The van der Waals surface area contributed by atoms with Crippen molar-refractivity contribution in [3.8, 4) is 0 Å². The molecule has 1 heterocycles. The van der Waals surface area contributed by atoms with Crippen molar-refractivity contribution in [2.45, 2.75) is 44.8 Å². The lowest BCUT2D eigenvalue weighted by Gasteiger charge is -2.16. The highest BCUT2D eigenvalue weighted by atomic mass is 32.1. The lowest BCUT2D eigenvalue weighted by molar-refractivity contribution is -0.121. The lowest BCUT2D eigenvalue weighted by atomic mass is 10.0. The van der Waals surface area contributed by atoms with E-state index in [0.717, 1.165) is 29.7 Å². The van der Waals surface area contributed by atoms with Crippen molar-refractivity contribution >= 4 is 17.2 Å². The number of hydrogen-bond donors (Lipinski definition) is 3. The quantitative estimate of drug-likeness (QED) is 0.689. The van der Waals surface area contributed by atoms with Gasteiger partial charge in [-0.3, -0.25) is 4.79 Å². The van der Waals surface area contributed by atoms with Crippen LogP contribution >= 0.6 is 11.3 Å². The van der Waals surface area contributed by atoms with E-state index in [2.05, 4.69) is 6.92 Å². The number of amides is 1. The number of aliphatic hydroxyl groups is 2. The Morgan fingerprint density at radius 1 is 1.53 bits per heavy atom. The summed E-state index contributed by atoms with van der Waals surface area (Å²) in [7, 11) is 0. The Morgan fingerprint density at radius 3 is 2.82 bits per heavy atom. The fraction of sp³-hybridized carbons (Fsp3) is 0.583. The van der Waals surface area contributed by atoms with Crippen LogP contribution in [0.15, 0.2) is 11.4 Å². The van der Waals surface area contributed by atoms with Gasteiger partial charge in [-0.05, 0) is 29.9 Å². The average Bonchev–Trinajstić information content (AvgIpc) is 2.72. The highest BCUT2D eigenvalue weighted by molar-refractivity contribution is 7.10. The Bertz CT molecular complexity index is 364. The molecule has 0 radical (unpaired) electrons. The molecular formula is C12H19NO3S. The monoisotopic (exact) mass is 257 g/mol. The summed E-state index contributed by atoms with van der Waals surface area (Å²) in [5, 5.41) is 21.5. The van der Waals surface area contributed by atoms with Crippen molar-refractivity contribution in [2.24, 2.45) is 5.73 Å². The van der Waals surface area contributed by atoms with Gasteiger partial charge in [0.05, 0.1) is 12.5 Å². The minimum absolute atomic E-state index is 0.216. The summed E-state index contributed by atoms with van der Waals surface area (Å²) in [6, 6.07) is 1.95. The van der Waals surface area contributed by atoms with Crippen molar-refractivity contribution < 1.29 is 15.0 Å². The van der Waals surface area contributed by atoms with Crippen molar-refractivity contribution in [3.05, 3.63) is 21.9 Å². The normalized spacial score (nSPS) is 14.5. The number of carbonyl (C=O) groups excluding carboxylic acids is 1. The summed E-state index contributed by atoms with van der Waals surface area (Å²) in [4.78, 5) is 11.4. The van der Waals surface area contributed by atoms with E-state index in [1.54, 1.807) is 0 Å². The summed E-state index contributed by atoms with van der Waals surface area (Å²) >= 11 is 1.40. The Balaban J connectivity index is 2.70. The standard InChI is InChI=1S/C12H19NO3S/c1-2-3-4-8-5-6-17-12(8)11(16)9(14)7-10(13)15/h5-6,9,11,14,16H,2-4,7H2,1H3,(H2,13,15). The second kappa shape index (κ2) is 6.74. The number of hydrogen-bond acceptors (Lipinski definition) is 4. The zero-order valence-corrected chi connectivity index (χ0v) is 10.7. The van der Waals surface area contributed by atoms with Crippen LogP contribution in [0.25, 0.3) is 0 Å². The van der Waals surface area contributed by atoms with Crippen molar-refractivity contribution in [1.82, 2.24) is 0 Å². The molecule has 2 unspecified atom stereocenters. The minimum atomic E-state index is -1.12. The van der Waals surface area contributed by atoms with Crippen LogP contribution < -0.4 is 5.73 Å². The van der Waals surface area contributed by atoms with Gasteiger partial charge in [0, 0.05) is 4.88 Å². The number of unbranched alkanes of at least 4 members (excludes halogenated alkanes) is 1. The van der Waals surface area contributed by atoms with Gasteiger partial charge in [0.1, 0.15) is 6.10 Å². The van der Waals surface area contributed by atoms with Gasteiger partial charge in [-0.25, -0.2) is 0 Å².